The summed E-state index contributed by atoms with van der Waals surface area (Å²) in [6, 6.07) is 15.4. The lowest BCUT2D eigenvalue weighted by Gasteiger charge is -2.21. The molecule has 0 saturated heterocycles. The molecule has 1 heterocycles. The molecule has 8 nitrogen and oxygen atoms in total. The second-order valence-electron chi connectivity index (χ2n) is 9.21. The highest BCUT2D eigenvalue weighted by Gasteiger charge is 2.21. The molecule has 3 aromatic rings. The number of hydrogen-bond acceptors (Lipinski definition) is 8. The average Bonchev–Trinajstić information content (AvgIpc) is 2.99. The van der Waals surface area contributed by atoms with Crippen LogP contribution in [-0.4, -0.2) is 49.5 Å². The Morgan fingerprint density at radius 3 is 2.27 bits per heavy atom. The monoisotopic (exact) mass is 545 g/mol. The van der Waals surface area contributed by atoms with Crippen molar-refractivity contribution in [2.24, 2.45) is 5.92 Å². The van der Waals surface area contributed by atoms with Crippen LogP contribution in [0, 0.1) is 5.92 Å². The predicted octanol–water partition coefficient (Wildman–Crippen LogP) is 5.83. The standard InChI is InChI=1S/C32H35NO7/c1-21(2)22(3)27(28-20-25(31(35)38-5)8-12-30(28)37-4)11-13-29(40-32(36)24-14-16-33-17-15-24)23-6-9-26(10-7-23)39-19-18-34/h6-12,14-17,20-21,29,34H,3,13,18-19H2,1-2,4-5H3/b27-11-/t29-/m0/s1. The third-order valence-corrected chi connectivity index (χ3v) is 6.27. The third-order valence-electron chi connectivity index (χ3n) is 6.27. The zero-order chi connectivity index (χ0) is 29.1. The van der Waals surface area contributed by atoms with Gasteiger partial charge in [-0.05, 0) is 65.1 Å². The van der Waals surface area contributed by atoms with E-state index in [9.17, 15) is 9.59 Å². The number of carbonyl (C=O) groups excluding carboxylic acids is 2. The Morgan fingerprint density at radius 2 is 1.68 bits per heavy atom. The molecule has 1 aromatic heterocycles. The maximum Gasteiger partial charge on any atom is 0.338 e. The molecule has 0 aliphatic rings. The quantitative estimate of drug-likeness (QED) is 0.211. The van der Waals surface area contributed by atoms with Crippen molar-refractivity contribution in [1.82, 2.24) is 4.98 Å². The molecule has 0 aliphatic carbocycles. The van der Waals surface area contributed by atoms with Crippen molar-refractivity contribution < 1.29 is 33.6 Å². The first kappa shape index (κ1) is 30.1. The topological polar surface area (TPSA) is 104 Å². The van der Waals surface area contributed by atoms with E-state index >= 15 is 0 Å². The predicted molar refractivity (Wildman–Crippen MR) is 152 cm³/mol. The van der Waals surface area contributed by atoms with Crippen molar-refractivity contribution in [3.8, 4) is 11.5 Å². The Morgan fingerprint density at radius 1 is 0.975 bits per heavy atom. The summed E-state index contributed by atoms with van der Waals surface area (Å²) < 4.78 is 22.0. The van der Waals surface area contributed by atoms with Gasteiger partial charge in [-0.25, -0.2) is 9.59 Å². The molecule has 0 radical (unpaired) electrons. The van der Waals surface area contributed by atoms with Gasteiger partial charge in [0, 0.05) is 24.4 Å². The van der Waals surface area contributed by atoms with Gasteiger partial charge in [0.15, 0.2) is 0 Å². The minimum atomic E-state index is -0.655. The maximum absolute atomic E-state index is 13.0. The lowest BCUT2D eigenvalue weighted by atomic mass is 9.88. The summed E-state index contributed by atoms with van der Waals surface area (Å²) in [7, 11) is 2.89. The van der Waals surface area contributed by atoms with Crippen molar-refractivity contribution in [3.05, 3.63) is 107 Å². The fourth-order valence-corrected chi connectivity index (χ4v) is 3.99. The van der Waals surface area contributed by atoms with Crippen LogP contribution < -0.4 is 9.47 Å². The Bertz CT molecular complexity index is 1330. The highest BCUT2D eigenvalue weighted by molar-refractivity contribution is 5.93. The Kier molecular flexibility index (Phi) is 11.0. The molecule has 0 aliphatic heterocycles. The largest absolute Gasteiger partial charge is 0.496 e. The Labute approximate surface area is 234 Å². The highest BCUT2D eigenvalue weighted by Crippen LogP contribution is 2.36. The number of benzene rings is 2. The molecule has 40 heavy (non-hydrogen) atoms. The third kappa shape index (κ3) is 7.80. The summed E-state index contributed by atoms with van der Waals surface area (Å²) in [5, 5.41) is 9.04. The number of methoxy groups -OCH3 is 2. The number of aromatic nitrogens is 1. The molecular formula is C32H35NO7. The zero-order valence-electron chi connectivity index (χ0n) is 23.3. The number of nitrogens with zero attached hydrogens (tertiary/aromatic N) is 1. The van der Waals surface area contributed by atoms with Crippen LogP contribution in [0.15, 0.2) is 85.2 Å². The first-order chi connectivity index (χ1) is 19.3. The van der Waals surface area contributed by atoms with Gasteiger partial charge in [-0.1, -0.05) is 38.6 Å². The van der Waals surface area contributed by atoms with E-state index in [0.29, 0.717) is 34.6 Å². The summed E-state index contributed by atoms with van der Waals surface area (Å²) in [6.07, 6.45) is 4.66. The van der Waals surface area contributed by atoms with Gasteiger partial charge >= 0.3 is 11.9 Å². The van der Waals surface area contributed by atoms with Crippen molar-refractivity contribution in [2.45, 2.75) is 26.4 Å². The minimum absolute atomic E-state index is 0.0820. The number of rotatable bonds is 13. The van der Waals surface area contributed by atoms with Crippen molar-refractivity contribution in [1.29, 1.82) is 0 Å². The highest BCUT2D eigenvalue weighted by atomic mass is 16.5. The molecule has 210 valence electrons. The first-order valence-electron chi connectivity index (χ1n) is 12.9. The number of allylic oxidation sites excluding steroid dienone is 2. The Balaban J connectivity index is 2.05. The van der Waals surface area contributed by atoms with E-state index in [1.165, 1.54) is 19.5 Å². The van der Waals surface area contributed by atoms with Crippen molar-refractivity contribution in [3.63, 3.8) is 0 Å². The summed E-state index contributed by atoms with van der Waals surface area (Å²) in [5.74, 6) is 0.280. The van der Waals surface area contributed by atoms with E-state index in [0.717, 1.165) is 16.7 Å². The summed E-state index contributed by atoms with van der Waals surface area (Å²) in [4.78, 5) is 29.3. The van der Waals surface area contributed by atoms with Crippen LogP contribution in [0.5, 0.6) is 11.5 Å². The number of ether oxygens (including phenoxy) is 4. The lowest BCUT2D eigenvalue weighted by molar-refractivity contribution is 0.0303. The lowest BCUT2D eigenvalue weighted by Crippen LogP contribution is -2.12. The van der Waals surface area contributed by atoms with Gasteiger partial charge in [0.2, 0.25) is 0 Å². The van der Waals surface area contributed by atoms with E-state index in [2.05, 4.69) is 11.6 Å². The average molecular weight is 546 g/mol. The van der Waals surface area contributed by atoms with Crippen LogP contribution in [0.25, 0.3) is 5.57 Å². The van der Waals surface area contributed by atoms with E-state index in [4.69, 9.17) is 24.1 Å². The number of aliphatic hydroxyl groups is 1. The fourth-order valence-electron chi connectivity index (χ4n) is 3.99. The van der Waals surface area contributed by atoms with Crippen LogP contribution in [0.3, 0.4) is 0 Å². The molecular weight excluding hydrogens is 510 g/mol. The zero-order valence-corrected chi connectivity index (χ0v) is 23.3. The SMILES string of the molecule is C=C(/C(=C/C[C@H](OC(=O)c1ccncc1)c1ccc(OCCO)cc1)c1cc(C(=O)OC)ccc1OC)C(C)C. The molecule has 0 fully saturated rings. The molecule has 1 atom stereocenters. The normalized spacial score (nSPS) is 12.0. The van der Waals surface area contributed by atoms with Crippen molar-refractivity contribution >= 4 is 17.5 Å². The fraction of sp³-hybridized carbons (Fsp3) is 0.281. The second-order valence-corrected chi connectivity index (χ2v) is 9.21. The van der Waals surface area contributed by atoms with E-state index in [1.807, 2.05) is 32.1 Å². The van der Waals surface area contributed by atoms with Crippen molar-refractivity contribution in [2.75, 3.05) is 27.4 Å². The van der Waals surface area contributed by atoms with Gasteiger partial charge in [0.05, 0.1) is 32.0 Å². The smallest absolute Gasteiger partial charge is 0.338 e. The molecule has 0 amide bonds. The van der Waals surface area contributed by atoms with Gasteiger partial charge in [-0.15, -0.1) is 0 Å². The van der Waals surface area contributed by atoms with Gasteiger partial charge in [0.1, 0.15) is 24.2 Å². The van der Waals surface area contributed by atoms with Gasteiger partial charge in [-0.2, -0.15) is 0 Å². The molecule has 1 N–H and O–H groups in total. The molecule has 0 bridgehead atoms. The van der Waals surface area contributed by atoms with Crippen LogP contribution in [0.1, 0.15) is 58.2 Å². The molecule has 8 heteroatoms. The van der Waals surface area contributed by atoms with Crippen LogP contribution in [-0.2, 0) is 9.47 Å². The minimum Gasteiger partial charge on any atom is -0.496 e. The van der Waals surface area contributed by atoms with E-state index in [-0.39, 0.29) is 19.1 Å². The van der Waals surface area contributed by atoms with Crippen LogP contribution in [0.2, 0.25) is 0 Å². The summed E-state index contributed by atoms with van der Waals surface area (Å²) >= 11 is 0. The molecule has 0 saturated carbocycles. The van der Waals surface area contributed by atoms with Gasteiger partial charge in [0.25, 0.3) is 0 Å². The summed E-state index contributed by atoms with van der Waals surface area (Å²) in [5.41, 5.74) is 3.78. The van der Waals surface area contributed by atoms with Crippen LogP contribution in [0.4, 0.5) is 0 Å². The first-order valence-corrected chi connectivity index (χ1v) is 12.9. The Hall–Kier alpha value is -4.43. The van der Waals surface area contributed by atoms with Gasteiger partial charge < -0.3 is 24.1 Å². The number of hydrogen-bond donors (Lipinski definition) is 1. The molecule has 3 rings (SSSR count). The van der Waals surface area contributed by atoms with E-state index < -0.39 is 18.0 Å². The number of esters is 2. The van der Waals surface area contributed by atoms with E-state index in [1.54, 1.807) is 49.6 Å². The molecule has 0 unspecified atom stereocenters. The molecule has 2 aromatic carbocycles. The number of aliphatic hydroxyl groups excluding tert-OH is 1. The number of carbonyl (C=O) groups is 2. The van der Waals surface area contributed by atoms with Crippen LogP contribution >= 0.6 is 0 Å². The summed E-state index contributed by atoms with van der Waals surface area (Å²) in [6.45, 7) is 8.44. The maximum atomic E-state index is 13.0. The molecule has 0 spiro atoms. The van der Waals surface area contributed by atoms with Gasteiger partial charge in [-0.3, -0.25) is 4.98 Å². The number of pyridine rings is 1. The second kappa shape index (κ2) is 14.6.